The highest BCUT2D eigenvalue weighted by Crippen LogP contribution is 2.31. The highest BCUT2D eigenvalue weighted by molar-refractivity contribution is 7.93. The van der Waals surface area contributed by atoms with Crippen molar-refractivity contribution >= 4 is 27.1 Å². The van der Waals surface area contributed by atoms with E-state index in [0.717, 1.165) is 29.5 Å². The summed E-state index contributed by atoms with van der Waals surface area (Å²) in [6, 6.07) is 9.04. The smallest absolute Gasteiger partial charge is 0.257 e. The lowest BCUT2D eigenvalue weighted by Crippen LogP contribution is -2.32. The maximum Gasteiger partial charge on any atom is 0.257 e. The van der Waals surface area contributed by atoms with Gasteiger partial charge in [0.05, 0.1) is 6.26 Å². The van der Waals surface area contributed by atoms with Crippen LogP contribution in [-0.2, 0) is 9.84 Å². The van der Waals surface area contributed by atoms with Gasteiger partial charge in [0.25, 0.3) is 5.91 Å². The van der Waals surface area contributed by atoms with Crippen molar-refractivity contribution < 1.29 is 26.4 Å². The molecule has 1 atom stereocenters. The van der Waals surface area contributed by atoms with Crippen molar-refractivity contribution in [2.75, 3.05) is 6.54 Å². The first kappa shape index (κ1) is 18.3. The topological polar surface area (TPSA) is 76.4 Å². The fourth-order valence-electron chi connectivity index (χ4n) is 2.39. The average molecular weight is 397 g/mol. The Kier molecular flexibility index (Phi) is 5.19. The molecule has 0 saturated carbocycles. The molecular formula is C17H13F2NO4S2. The van der Waals surface area contributed by atoms with E-state index in [9.17, 15) is 22.0 Å². The predicted octanol–water partition coefficient (Wildman–Crippen LogP) is 3.56. The fraction of sp³-hybridized carbons (Fsp3) is 0.118. The van der Waals surface area contributed by atoms with Crippen molar-refractivity contribution in [3.8, 4) is 0 Å². The molecule has 26 heavy (non-hydrogen) atoms. The summed E-state index contributed by atoms with van der Waals surface area (Å²) in [4.78, 5) is 12.2. The summed E-state index contributed by atoms with van der Waals surface area (Å²) < 4.78 is 58.4. The normalized spacial score (nSPS) is 12.7. The molecule has 136 valence electrons. The van der Waals surface area contributed by atoms with E-state index < -0.39 is 44.7 Å². The Morgan fingerprint density at radius 3 is 2.42 bits per heavy atom. The summed E-state index contributed by atoms with van der Waals surface area (Å²) in [5, 5.41) is 2.67. The van der Waals surface area contributed by atoms with Gasteiger partial charge in [-0.2, -0.15) is 0 Å². The van der Waals surface area contributed by atoms with E-state index in [1.54, 1.807) is 11.4 Å². The van der Waals surface area contributed by atoms with Gasteiger partial charge >= 0.3 is 0 Å². The third-order valence-corrected chi connectivity index (χ3v) is 7.14. The van der Waals surface area contributed by atoms with Gasteiger partial charge in [0.2, 0.25) is 0 Å². The number of nitrogens with one attached hydrogen (secondary N) is 1. The summed E-state index contributed by atoms with van der Waals surface area (Å²) in [5.74, 6) is -2.98. The zero-order valence-corrected chi connectivity index (χ0v) is 14.8. The van der Waals surface area contributed by atoms with Crippen molar-refractivity contribution in [2.45, 2.75) is 9.46 Å². The van der Waals surface area contributed by atoms with Gasteiger partial charge in [-0.25, -0.2) is 17.2 Å². The van der Waals surface area contributed by atoms with Gasteiger partial charge in [0, 0.05) is 6.54 Å². The molecule has 1 amide bonds. The summed E-state index contributed by atoms with van der Waals surface area (Å²) in [6.45, 7) is -0.402. The standard InChI is InChI=1S/C17H13F2NO4S2/c18-11-4-1-5-12(19)16(11)17(21)20-10-14(13-6-2-8-24-13)26(22,23)15-7-3-9-25-15/h1-9,14H,10H2,(H,20,21)/t14-/m1/s1. The van der Waals surface area contributed by atoms with Gasteiger partial charge in [-0.05, 0) is 35.7 Å². The first-order valence-corrected chi connectivity index (χ1v) is 9.87. The van der Waals surface area contributed by atoms with Crippen molar-refractivity contribution in [2.24, 2.45) is 0 Å². The predicted molar refractivity (Wildman–Crippen MR) is 91.6 cm³/mol. The summed E-state index contributed by atoms with van der Waals surface area (Å²) >= 11 is 1.03. The molecule has 0 bridgehead atoms. The number of rotatable bonds is 6. The monoisotopic (exact) mass is 397 g/mol. The lowest BCUT2D eigenvalue weighted by molar-refractivity contribution is 0.0945. The highest BCUT2D eigenvalue weighted by atomic mass is 32.2. The van der Waals surface area contributed by atoms with Crippen molar-refractivity contribution in [3.63, 3.8) is 0 Å². The van der Waals surface area contributed by atoms with Gasteiger partial charge < -0.3 is 9.73 Å². The molecule has 0 saturated heterocycles. The van der Waals surface area contributed by atoms with Crippen LogP contribution in [0.4, 0.5) is 8.78 Å². The van der Waals surface area contributed by atoms with Crippen LogP contribution in [-0.4, -0.2) is 20.9 Å². The Balaban J connectivity index is 1.87. The van der Waals surface area contributed by atoms with Crippen LogP contribution in [0.5, 0.6) is 0 Å². The van der Waals surface area contributed by atoms with Crippen LogP contribution in [0, 0.1) is 11.6 Å². The molecule has 1 aromatic carbocycles. The quantitative estimate of drug-likeness (QED) is 0.690. The number of benzene rings is 1. The van der Waals surface area contributed by atoms with Crippen molar-refractivity contribution in [1.82, 2.24) is 5.32 Å². The van der Waals surface area contributed by atoms with Gasteiger partial charge in [-0.15, -0.1) is 11.3 Å². The first-order chi connectivity index (χ1) is 12.4. The number of halogens is 2. The molecular weight excluding hydrogens is 384 g/mol. The fourth-order valence-corrected chi connectivity index (χ4v) is 5.18. The van der Waals surface area contributed by atoms with E-state index in [0.29, 0.717) is 0 Å². The third kappa shape index (κ3) is 3.54. The van der Waals surface area contributed by atoms with E-state index in [2.05, 4.69) is 5.32 Å². The number of carbonyl (C=O) groups is 1. The molecule has 5 nitrogen and oxygen atoms in total. The molecule has 3 rings (SSSR count). The zero-order valence-electron chi connectivity index (χ0n) is 13.2. The van der Waals surface area contributed by atoms with E-state index in [4.69, 9.17) is 4.42 Å². The molecule has 0 aliphatic rings. The van der Waals surface area contributed by atoms with E-state index >= 15 is 0 Å². The largest absolute Gasteiger partial charge is 0.468 e. The zero-order chi connectivity index (χ0) is 18.7. The highest BCUT2D eigenvalue weighted by Gasteiger charge is 2.33. The maximum atomic E-state index is 13.7. The van der Waals surface area contributed by atoms with E-state index in [1.165, 1.54) is 24.5 Å². The Labute approximate surface area is 152 Å². The Morgan fingerprint density at radius 1 is 1.12 bits per heavy atom. The minimum Gasteiger partial charge on any atom is -0.468 e. The number of sulfone groups is 1. The molecule has 0 unspecified atom stereocenters. The second-order valence-corrected chi connectivity index (χ2v) is 8.59. The van der Waals surface area contributed by atoms with Crippen LogP contribution >= 0.6 is 11.3 Å². The number of amides is 1. The molecule has 0 aliphatic carbocycles. The van der Waals surface area contributed by atoms with Gasteiger partial charge in [0.1, 0.15) is 32.4 Å². The number of carbonyl (C=O) groups excluding carboxylic acids is 1. The Morgan fingerprint density at radius 2 is 1.85 bits per heavy atom. The molecule has 0 aliphatic heterocycles. The van der Waals surface area contributed by atoms with Crippen molar-refractivity contribution in [1.29, 1.82) is 0 Å². The molecule has 2 aromatic heterocycles. The summed E-state index contributed by atoms with van der Waals surface area (Å²) in [7, 11) is -3.86. The SMILES string of the molecule is O=C(NC[C@H](c1ccco1)S(=O)(=O)c1cccs1)c1c(F)cccc1F. The molecule has 0 fully saturated rings. The molecule has 0 radical (unpaired) electrons. The molecule has 0 spiro atoms. The molecule has 2 heterocycles. The van der Waals surface area contributed by atoms with Crippen LogP contribution in [0.2, 0.25) is 0 Å². The third-order valence-electron chi connectivity index (χ3n) is 3.65. The van der Waals surface area contributed by atoms with Crippen LogP contribution in [0.25, 0.3) is 0 Å². The Hall–Kier alpha value is -2.52. The molecule has 3 aromatic rings. The second kappa shape index (κ2) is 7.38. The molecule has 9 heteroatoms. The number of hydrogen-bond acceptors (Lipinski definition) is 5. The van der Waals surface area contributed by atoms with Gasteiger partial charge in [0.15, 0.2) is 9.84 Å². The summed E-state index contributed by atoms with van der Waals surface area (Å²) in [5.41, 5.74) is -0.765. The summed E-state index contributed by atoms with van der Waals surface area (Å²) in [6.07, 6.45) is 1.31. The van der Waals surface area contributed by atoms with Gasteiger partial charge in [-0.3, -0.25) is 4.79 Å². The minimum absolute atomic E-state index is 0.102. The lowest BCUT2D eigenvalue weighted by Gasteiger charge is -2.16. The number of hydrogen-bond donors (Lipinski definition) is 1. The van der Waals surface area contributed by atoms with Crippen LogP contribution in [0.3, 0.4) is 0 Å². The second-order valence-electron chi connectivity index (χ2n) is 5.29. The maximum absolute atomic E-state index is 13.7. The van der Waals surface area contributed by atoms with Gasteiger partial charge in [-0.1, -0.05) is 12.1 Å². The number of furan rings is 1. The average Bonchev–Trinajstić information content (AvgIpc) is 3.29. The van der Waals surface area contributed by atoms with E-state index in [-0.39, 0.29) is 9.97 Å². The van der Waals surface area contributed by atoms with Crippen LogP contribution < -0.4 is 5.32 Å². The van der Waals surface area contributed by atoms with E-state index in [1.807, 2.05) is 0 Å². The lowest BCUT2D eigenvalue weighted by atomic mass is 10.2. The van der Waals surface area contributed by atoms with Crippen LogP contribution in [0.15, 0.2) is 62.7 Å². The first-order valence-electron chi connectivity index (χ1n) is 7.44. The Bertz CT molecular complexity index is 979. The van der Waals surface area contributed by atoms with Crippen molar-refractivity contribution in [3.05, 3.63) is 77.1 Å². The number of thiophene rings is 1. The molecule has 1 N–H and O–H groups in total. The minimum atomic E-state index is -3.86. The van der Waals surface area contributed by atoms with Crippen LogP contribution in [0.1, 0.15) is 21.4 Å².